The molecular formula is C22H20ClNO2. The molecule has 2 aromatic rings. The number of carbonyl (C=O) groups excluding carboxylic acids is 1. The third-order valence-electron chi connectivity index (χ3n) is 4.16. The Morgan fingerprint density at radius 2 is 1.81 bits per heavy atom. The summed E-state index contributed by atoms with van der Waals surface area (Å²) in [5.41, 5.74) is 2.76. The Balaban J connectivity index is 1.82. The average Bonchev–Trinajstić information content (AvgIpc) is 3.00. The average molecular weight is 366 g/mol. The lowest BCUT2D eigenvalue weighted by Crippen LogP contribution is -2.34. The molecule has 0 saturated carbocycles. The number of allylic oxidation sites excluding steroid dienone is 3. The van der Waals surface area contributed by atoms with Gasteiger partial charge >= 0.3 is 6.09 Å². The van der Waals surface area contributed by atoms with E-state index < -0.39 is 6.09 Å². The maximum absolute atomic E-state index is 12.3. The summed E-state index contributed by atoms with van der Waals surface area (Å²) in [4.78, 5) is 13.9. The number of cyclic esters (lactones) is 1. The number of nitrogens with zero attached hydrogens (tertiary/aromatic N) is 1. The second-order valence-corrected chi connectivity index (χ2v) is 6.47. The molecule has 26 heavy (non-hydrogen) atoms. The van der Waals surface area contributed by atoms with Gasteiger partial charge in [0.05, 0.1) is 16.8 Å². The van der Waals surface area contributed by atoms with Gasteiger partial charge in [0.25, 0.3) is 0 Å². The van der Waals surface area contributed by atoms with Crippen LogP contribution in [0.3, 0.4) is 0 Å². The number of halogens is 1. The van der Waals surface area contributed by atoms with Gasteiger partial charge in [0, 0.05) is 0 Å². The van der Waals surface area contributed by atoms with Crippen molar-refractivity contribution in [2.45, 2.75) is 12.5 Å². The molecule has 1 saturated heterocycles. The summed E-state index contributed by atoms with van der Waals surface area (Å²) < 4.78 is 5.27. The van der Waals surface area contributed by atoms with E-state index in [0.717, 1.165) is 11.1 Å². The molecular weight excluding hydrogens is 346 g/mol. The van der Waals surface area contributed by atoms with Gasteiger partial charge in [-0.2, -0.15) is 0 Å². The van der Waals surface area contributed by atoms with Crippen molar-refractivity contribution >= 4 is 23.8 Å². The molecule has 0 aromatic heterocycles. The smallest absolute Gasteiger partial charge is 0.414 e. The minimum absolute atomic E-state index is 0.114. The van der Waals surface area contributed by atoms with Crippen molar-refractivity contribution in [3.05, 3.63) is 101 Å². The van der Waals surface area contributed by atoms with E-state index >= 15 is 0 Å². The van der Waals surface area contributed by atoms with Crippen molar-refractivity contribution in [3.63, 3.8) is 0 Å². The predicted octanol–water partition coefficient (Wildman–Crippen LogP) is 5.40. The van der Waals surface area contributed by atoms with Gasteiger partial charge in [-0.1, -0.05) is 91.0 Å². The number of benzene rings is 2. The molecule has 0 spiro atoms. The molecule has 132 valence electrons. The number of ether oxygens (including phenoxy) is 1. The van der Waals surface area contributed by atoms with Crippen LogP contribution in [-0.4, -0.2) is 23.6 Å². The second kappa shape index (κ2) is 8.54. The Bertz CT molecular complexity index is 828. The van der Waals surface area contributed by atoms with E-state index in [0.29, 0.717) is 23.8 Å². The van der Waals surface area contributed by atoms with Gasteiger partial charge in [-0.15, -0.1) is 0 Å². The fourth-order valence-electron chi connectivity index (χ4n) is 2.91. The van der Waals surface area contributed by atoms with Crippen LogP contribution in [0.2, 0.25) is 0 Å². The third-order valence-corrected chi connectivity index (χ3v) is 4.35. The van der Waals surface area contributed by atoms with Gasteiger partial charge in [0.1, 0.15) is 6.61 Å². The van der Waals surface area contributed by atoms with E-state index in [2.05, 4.69) is 6.58 Å². The lowest BCUT2D eigenvalue weighted by molar-refractivity contribution is 0.165. The summed E-state index contributed by atoms with van der Waals surface area (Å²) in [5.74, 6) is 0. The monoisotopic (exact) mass is 365 g/mol. The van der Waals surface area contributed by atoms with Crippen LogP contribution >= 0.6 is 11.6 Å². The number of hydrogen-bond donors (Lipinski definition) is 0. The van der Waals surface area contributed by atoms with Crippen molar-refractivity contribution in [2.75, 3.05) is 6.61 Å². The van der Waals surface area contributed by atoms with Crippen LogP contribution in [0.4, 0.5) is 4.79 Å². The van der Waals surface area contributed by atoms with Gasteiger partial charge in [-0.3, -0.25) is 4.90 Å². The summed E-state index contributed by atoms with van der Waals surface area (Å²) in [6, 6.07) is 19.8. The largest absolute Gasteiger partial charge is 0.447 e. The SMILES string of the molecule is C=C(Cl)/C(=C\C=C\c1ccccc1)N1C(=O)OC[C@H]1Cc1ccccc1. The summed E-state index contributed by atoms with van der Waals surface area (Å²) in [7, 11) is 0. The topological polar surface area (TPSA) is 29.5 Å². The third kappa shape index (κ3) is 4.44. The molecule has 0 aliphatic carbocycles. The standard InChI is InChI=1S/C22H20ClNO2/c1-17(23)21(14-8-13-18-9-4-2-5-10-18)24-20(16-26-22(24)25)15-19-11-6-3-7-12-19/h2-14,20H,1,15-16H2/b13-8+,21-14+/t20-/m1/s1. The van der Waals surface area contributed by atoms with Crippen LogP contribution in [0.15, 0.2) is 90.1 Å². The first-order valence-corrected chi connectivity index (χ1v) is 8.81. The molecule has 1 fully saturated rings. The first-order chi connectivity index (χ1) is 12.6. The fraction of sp³-hybridized carbons (Fsp3) is 0.136. The molecule has 1 aliphatic rings. The highest BCUT2D eigenvalue weighted by atomic mass is 35.5. The van der Waals surface area contributed by atoms with Crippen molar-refractivity contribution in [2.24, 2.45) is 0 Å². The zero-order chi connectivity index (χ0) is 18.4. The molecule has 1 amide bonds. The maximum atomic E-state index is 12.3. The number of rotatable bonds is 6. The highest BCUT2D eigenvalue weighted by Gasteiger charge is 2.35. The molecule has 0 radical (unpaired) electrons. The highest BCUT2D eigenvalue weighted by molar-refractivity contribution is 6.31. The van der Waals surface area contributed by atoms with Crippen molar-refractivity contribution in [3.8, 4) is 0 Å². The summed E-state index contributed by atoms with van der Waals surface area (Å²) >= 11 is 6.19. The van der Waals surface area contributed by atoms with Crippen LogP contribution in [-0.2, 0) is 11.2 Å². The number of hydrogen-bond acceptors (Lipinski definition) is 2. The van der Waals surface area contributed by atoms with E-state index in [1.54, 1.807) is 11.0 Å². The molecule has 1 heterocycles. The van der Waals surface area contributed by atoms with Crippen LogP contribution in [0.25, 0.3) is 6.08 Å². The Morgan fingerprint density at radius 1 is 1.15 bits per heavy atom. The van der Waals surface area contributed by atoms with E-state index in [4.69, 9.17) is 16.3 Å². The minimum Gasteiger partial charge on any atom is -0.447 e. The van der Waals surface area contributed by atoms with E-state index in [1.165, 1.54) is 0 Å². The second-order valence-electron chi connectivity index (χ2n) is 6.02. The summed E-state index contributed by atoms with van der Waals surface area (Å²) in [6.45, 7) is 4.15. The summed E-state index contributed by atoms with van der Waals surface area (Å²) in [5, 5.41) is 0.305. The quantitative estimate of drug-likeness (QED) is 0.641. The molecule has 0 bridgehead atoms. The van der Waals surface area contributed by atoms with Crippen molar-refractivity contribution in [1.82, 2.24) is 4.90 Å². The number of carbonyl (C=O) groups is 1. The minimum atomic E-state index is -0.396. The predicted molar refractivity (Wildman–Crippen MR) is 106 cm³/mol. The lowest BCUT2D eigenvalue weighted by Gasteiger charge is -2.23. The first-order valence-electron chi connectivity index (χ1n) is 8.43. The van der Waals surface area contributed by atoms with E-state index in [1.807, 2.05) is 72.8 Å². The zero-order valence-corrected chi connectivity index (χ0v) is 15.1. The molecule has 2 aromatic carbocycles. The van der Waals surface area contributed by atoms with Gasteiger partial charge in [0.2, 0.25) is 0 Å². The van der Waals surface area contributed by atoms with Crippen LogP contribution in [0.1, 0.15) is 11.1 Å². The van der Waals surface area contributed by atoms with Crippen molar-refractivity contribution in [1.29, 1.82) is 0 Å². The summed E-state index contributed by atoms with van der Waals surface area (Å²) in [6.07, 6.45) is 5.91. The Morgan fingerprint density at radius 3 is 2.46 bits per heavy atom. The van der Waals surface area contributed by atoms with Gasteiger partial charge in [-0.05, 0) is 23.6 Å². The van der Waals surface area contributed by atoms with E-state index in [9.17, 15) is 4.79 Å². The molecule has 3 nitrogen and oxygen atoms in total. The first kappa shape index (κ1) is 18.0. The Kier molecular flexibility index (Phi) is 5.92. The number of amides is 1. The lowest BCUT2D eigenvalue weighted by atomic mass is 10.1. The van der Waals surface area contributed by atoms with E-state index in [-0.39, 0.29) is 6.04 Å². The van der Waals surface area contributed by atoms with Gasteiger partial charge in [0.15, 0.2) is 0 Å². The fourth-order valence-corrected chi connectivity index (χ4v) is 3.06. The van der Waals surface area contributed by atoms with Crippen LogP contribution in [0, 0.1) is 0 Å². The molecule has 1 aliphatic heterocycles. The molecule has 3 rings (SSSR count). The Hall–Kier alpha value is -2.78. The molecule has 4 heteroatoms. The molecule has 0 unspecified atom stereocenters. The van der Waals surface area contributed by atoms with Crippen LogP contribution < -0.4 is 0 Å². The molecule has 0 N–H and O–H groups in total. The highest BCUT2D eigenvalue weighted by Crippen LogP contribution is 2.27. The molecule has 1 atom stereocenters. The zero-order valence-electron chi connectivity index (χ0n) is 14.3. The normalized spacial score (nSPS) is 17.6. The van der Waals surface area contributed by atoms with Crippen LogP contribution in [0.5, 0.6) is 0 Å². The maximum Gasteiger partial charge on any atom is 0.414 e. The Labute approximate surface area is 158 Å². The van der Waals surface area contributed by atoms with Crippen molar-refractivity contribution < 1.29 is 9.53 Å². The van der Waals surface area contributed by atoms with Gasteiger partial charge in [-0.25, -0.2) is 4.79 Å². The van der Waals surface area contributed by atoms with Gasteiger partial charge < -0.3 is 4.74 Å².